The Morgan fingerprint density at radius 3 is 2.90 bits per heavy atom. The zero-order chi connectivity index (χ0) is 20.5. The SMILES string of the molecule is Cc1cc(N2C[C@]34C=C[C@@H](O3)[C@H](C(=O)Nc3cccc5ccccc35)[C@@H]4C2=O)no1. The lowest BCUT2D eigenvalue weighted by Crippen LogP contribution is -2.41. The first-order valence-corrected chi connectivity index (χ1v) is 9.96. The van der Waals surface area contributed by atoms with Gasteiger partial charge in [-0.1, -0.05) is 53.7 Å². The van der Waals surface area contributed by atoms with E-state index >= 15 is 0 Å². The molecule has 2 fully saturated rings. The number of fused-ring (bicyclic) bond motifs is 2. The third-order valence-corrected chi connectivity index (χ3v) is 6.34. The van der Waals surface area contributed by atoms with Crippen LogP contribution in [0.15, 0.2) is 65.2 Å². The lowest BCUT2D eigenvalue weighted by molar-refractivity contribution is -0.128. The van der Waals surface area contributed by atoms with Gasteiger partial charge in [-0.25, -0.2) is 0 Å². The number of benzene rings is 2. The van der Waals surface area contributed by atoms with Gasteiger partial charge < -0.3 is 14.6 Å². The minimum absolute atomic E-state index is 0.159. The summed E-state index contributed by atoms with van der Waals surface area (Å²) in [6.07, 6.45) is 3.42. The number of hydrogen-bond acceptors (Lipinski definition) is 5. The van der Waals surface area contributed by atoms with Gasteiger partial charge in [0.2, 0.25) is 11.8 Å². The van der Waals surface area contributed by atoms with Gasteiger partial charge in [0.1, 0.15) is 11.4 Å². The Morgan fingerprint density at radius 1 is 1.23 bits per heavy atom. The van der Waals surface area contributed by atoms with Crippen molar-refractivity contribution in [2.75, 3.05) is 16.8 Å². The molecular formula is C23H19N3O4. The summed E-state index contributed by atoms with van der Waals surface area (Å²) in [5.74, 6) is -0.473. The fourth-order valence-electron chi connectivity index (χ4n) is 5.02. The summed E-state index contributed by atoms with van der Waals surface area (Å²) in [5, 5.41) is 9.02. The zero-order valence-corrected chi connectivity index (χ0v) is 16.2. The number of nitrogens with one attached hydrogen (secondary N) is 1. The molecule has 1 aromatic heterocycles. The molecule has 150 valence electrons. The smallest absolute Gasteiger partial charge is 0.235 e. The van der Waals surface area contributed by atoms with Gasteiger partial charge in [-0.15, -0.1) is 0 Å². The van der Waals surface area contributed by atoms with Crippen molar-refractivity contribution < 1.29 is 18.8 Å². The Hall–Kier alpha value is -3.45. The van der Waals surface area contributed by atoms with Gasteiger partial charge in [-0.2, -0.15) is 0 Å². The molecule has 30 heavy (non-hydrogen) atoms. The summed E-state index contributed by atoms with van der Waals surface area (Å²) < 4.78 is 11.3. The summed E-state index contributed by atoms with van der Waals surface area (Å²) in [6.45, 7) is 2.10. The highest BCUT2D eigenvalue weighted by Crippen LogP contribution is 2.52. The number of rotatable bonds is 3. The van der Waals surface area contributed by atoms with E-state index in [-0.39, 0.29) is 11.8 Å². The lowest BCUT2D eigenvalue weighted by Gasteiger charge is -2.23. The van der Waals surface area contributed by atoms with Gasteiger partial charge in [0.05, 0.1) is 24.5 Å². The van der Waals surface area contributed by atoms with Crippen molar-refractivity contribution in [2.45, 2.75) is 18.6 Å². The van der Waals surface area contributed by atoms with Crippen LogP contribution in [-0.2, 0) is 14.3 Å². The van der Waals surface area contributed by atoms with Crippen LogP contribution < -0.4 is 10.2 Å². The first-order chi connectivity index (χ1) is 14.6. The molecule has 3 aromatic rings. The van der Waals surface area contributed by atoms with Crippen LogP contribution in [0.3, 0.4) is 0 Å². The molecule has 0 unspecified atom stereocenters. The molecule has 3 aliphatic rings. The van der Waals surface area contributed by atoms with Crippen LogP contribution in [0.4, 0.5) is 11.5 Å². The number of ether oxygens (including phenoxy) is 1. The maximum atomic E-state index is 13.4. The molecule has 2 bridgehead atoms. The quantitative estimate of drug-likeness (QED) is 0.682. The highest BCUT2D eigenvalue weighted by molar-refractivity contribution is 6.07. The molecular weight excluding hydrogens is 382 g/mol. The first kappa shape index (κ1) is 17.4. The van der Waals surface area contributed by atoms with Crippen LogP contribution in [0.2, 0.25) is 0 Å². The Bertz CT molecular complexity index is 1230. The molecule has 2 aromatic carbocycles. The van der Waals surface area contributed by atoms with Crippen LogP contribution in [0.1, 0.15) is 5.76 Å². The summed E-state index contributed by atoms with van der Waals surface area (Å²) in [7, 11) is 0. The van der Waals surface area contributed by atoms with Crippen LogP contribution >= 0.6 is 0 Å². The first-order valence-electron chi connectivity index (χ1n) is 9.96. The molecule has 4 atom stereocenters. The number of carbonyl (C=O) groups excluding carboxylic acids is 2. The van der Waals surface area contributed by atoms with Crippen molar-refractivity contribution in [3.05, 3.63) is 66.4 Å². The zero-order valence-electron chi connectivity index (χ0n) is 16.2. The summed E-state index contributed by atoms with van der Waals surface area (Å²) >= 11 is 0. The molecule has 0 radical (unpaired) electrons. The van der Waals surface area contributed by atoms with E-state index in [1.807, 2.05) is 54.6 Å². The molecule has 0 aliphatic carbocycles. The van der Waals surface area contributed by atoms with Gasteiger partial charge in [0.15, 0.2) is 5.82 Å². The van der Waals surface area contributed by atoms with Crippen LogP contribution in [0, 0.1) is 18.8 Å². The molecule has 1 spiro atoms. The molecule has 6 rings (SSSR count). The standard InChI is InChI=1S/C23H19N3O4/c1-13-11-18(25-30-13)26-12-23-10-9-17(29-23)19(20(23)22(26)28)21(27)24-16-8-4-6-14-5-2-3-7-15(14)16/h2-11,17,19-20H,12H2,1H3,(H,24,27)/t17-,19+,20-,23+/m1/s1. The van der Waals surface area contributed by atoms with Gasteiger partial charge in [-0.05, 0) is 18.4 Å². The van der Waals surface area contributed by atoms with Gasteiger partial charge in [0, 0.05) is 17.1 Å². The van der Waals surface area contributed by atoms with E-state index in [0.29, 0.717) is 18.1 Å². The molecule has 4 heterocycles. The average Bonchev–Trinajstić information content (AvgIpc) is 3.49. The summed E-state index contributed by atoms with van der Waals surface area (Å²) in [6, 6.07) is 15.4. The van der Waals surface area contributed by atoms with E-state index in [1.165, 1.54) is 0 Å². The molecule has 3 aliphatic heterocycles. The number of carbonyl (C=O) groups is 2. The molecule has 2 saturated heterocycles. The molecule has 1 N–H and O–H groups in total. The maximum absolute atomic E-state index is 13.4. The third-order valence-electron chi connectivity index (χ3n) is 6.34. The summed E-state index contributed by atoms with van der Waals surface area (Å²) in [4.78, 5) is 28.2. The normalized spacial score (nSPS) is 29.0. The average molecular weight is 401 g/mol. The number of anilines is 2. The molecule has 2 amide bonds. The van der Waals surface area contributed by atoms with Crippen LogP contribution in [-0.4, -0.2) is 35.2 Å². The second-order valence-electron chi connectivity index (χ2n) is 8.14. The van der Waals surface area contributed by atoms with E-state index in [2.05, 4.69) is 10.5 Å². The van der Waals surface area contributed by atoms with Gasteiger partial charge in [-0.3, -0.25) is 14.5 Å². The highest BCUT2D eigenvalue weighted by Gasteiger charge is 2.67. The minimum atomic E-state index is -0.796. The number of aromatic nitrogens is 1. The van der Waals surface area contributed by atoms with E-state index in [1.54, 1.807) is 17.9 Å². The maximum Gasteiger partial charge on any atom is 0.235 e. The predicted molar refractivity (Wildman–Crippen MR) is 110 cm³/mol. The Morgan fingerprint density at radius 2 is 2.07 bits per heavy atom. The second kappa shape index (κ2) is 6.03. The van der Waals surface area contributed by atoms with Crippen LogP contribution in [0.25, 0.3) is 10.8 Å². The number of nitrogens with zero attached hydrogens (tertiary/aromatic N) is 2. The van der Waals surface area contributed by atoms with Crippen molar-refractivity contribution in [2.24, 2.45) is 11.8 Å². The minimum Gasteiger partial charge on any atom is -0.360 e. The second-order valence-corrected chi connectivity index (χ2v) is 8.14. The van der Waals surface area contributed by atoms with Crippen molar-refractivity contribution >= 4 is 34.1 Å². The van der Waals surface area contributed by atoms with Crippen LogP contribution in [0.5, 0.6) is 0 Å². The molecule has 7 nitrogen and oxygen atoms in total. The largest absolute Gasteiger partial charge is 0.360 e. The molecule has 0 saturated carbocycles. The fraction of sp³-hybridized carbons (Fsp3) is 0.261. The Kier molecular flexibility index (Phi) is 3.50. The number of hydrogen-bond donors (Lipinski definition) is 1. The topological polar surface area (TPSA) is 84.7 Å². The number of amides is 2. The van der Waals surface area contributed by atoms with Crippen molar-refractivity contribution in [3.8, 4) is 0 Å². The van der Waals surface area contributed by atoms with Crippen molar-refractivity contribution in [3.63, 3.8) is 0 Å². The monoisotopic (exact) mass is 401 g/mol. The predicted octanol–water partition coefficient (Wildman–Crippen LogP) is 3.06. The van der Waals surface area contributed by atoms with E-state index in [4.69, 9.17) is 9.26 Å². The van der Waals surface area contributed by atoms with Gasteiger partial charge in [0.25, 0.3) is 0 Å². The van der Waals surface area contributed by atoms with Crippen molar-refractivity contribution in [1.82, 2.24) is 5.16 Å². The molecule has 7 heteroatoms. The van der Waals surface area contributed by atoms with E-state index in [9.17, 15) is 9.59 Å². The number of aryl methyl sites for hydroxylation is 1. The van der Waals surface area contributed by atoms with Gasteiger partial charge >= 0.3 is 0 Å². The fourth-order valence-corrected chi connectivity index (χ4v) is 5.02. The Balaban J connectivity index is 1.33. The van der Waals surface area contributed by atoms with Crippen molar-refractivity contribution in [1.29, 1.82) is 0 Å². The Labute approximate surface area is 172 Å². The lowest BCUT2D eigenvalue weighted by atomic mass is 9.76. The van der Waals surface area contributed by atoms with E-state index < -0.39 is 23.5 Å². The summed E-state index contributed by atoms with van der Waals surface area (Å²) in [5.41, 5.74) is -0.0663. The third kappa shape index (κ3) is 2.32. The highest BCUT2D eigenvalue weighted by atomic mass is 16.5. The van der Waals surface area contributed by atoms with E-state index in [0.717, 1.165) is 16.5 Å².